The molecule has 5 heteroatoms. The van der Waals surface area contributed by atoms with Crippen molar-refractivity contribution >= 4 is 23.2 Å². The summed E-state index contributed by atoms with van der Waals surface area (Å²) in [7, 11) is 0. The fourth-order valence-corrected chi connectivity index (χ4v) is 2.23. The van der Waals surface area contributed by atoms with Crippen LogP contribution in [-0.2, 0) is 4.74 Å². The molecule has 3 N–H and O–H groups in total. The molecule has 98 valence electrons. The fraction of sp³-hybridized carbons (Fsp3) is 0.462. The van der Waals surface area contributed by atoms with Crippen molar-refractivity contribution in [2.45, 2.75) is 25.4 Å². The first-order valence-corrected chi connectivity index (χ1v) is 6.49. The number of hydrogen-bond donors (Lipinski definition) is 2. The highest BCUT2D eigenvalue weighted by Crippen LogP contribution is 2.18. The molecule has 1 saturated heterocycles. The van der Waals surface area contributed by atoms with Gasteiger partial charge in [0.25, 0.3) is 5.91 Å². The van der Waals surface area contributed by atoms with Crippen LogP contribution in [-0.4, -0.2) is 25.2 Å². The molecule has 1 aliphatic rings. The summed E-state index contributed by atoms with van der Waals surface area (Å²) in [6.45, 7) is 1.44. The van der Waals surface area contributed by atoms with Gasteiger partial charge in [0.05, 0.1) is 11.7 Å². The van der Waals surface area contributed by atoms with Gasteiger partial charge in [0, 0.05) is 23.9 Å². The van der Waals surface area contributed by atoms with E-state index in [2.05, 4.69) is 5.32 Å². The van der Waals surface area contributed by atoms with Crippen LogP contribution in [0.1, 0.15) is 29.6 Å². The molecular formula is C13H17ClN2O2. The molecule has 0 radical (unpaired) electrons. The Balaban J connectivity index is 1.83. The molecule has 0 aliphatic carbocycles. The van der Waals surface area contributed by atoms with E-state index in [1.807, 2.05) is 0 Å². The van der Waals surface area contributed by atoms with Gasteiger partial charge >= 0.3 is 0 Å². The second kappa shape index (κ2) is 6.07. The zero-order chi connectivity index (χ0) is 13.0. The second-order valence-corrected chi connectivity index (χ2v) is 4.85. The Morgan fingerprint density at radius 2 is 2.39 bits per heavy atom. The minimum atomic E-state index is -0.165. The summed E-state index contributed by atoms with van der Waals surface area (Å²) in [5, 5.41) is 3.38. The van der Waals surface area contributed by atoms with Gasteiger partial charge in [-0.2, -0.15) is 0 Å². The van der Waals surface area contributed by atoms with E-state index in [0.29, 0.717) is 22.8 Å². The lowest BCUT2D eigenvalue weighted by molar-refractivity contribution is 0.0908. The molecule has 1 unspecified atom stereocenters. The third-order valence-corrected chi connectivity index (χ3v) is 3.27. The Hall–Kier alpha value is -1.26. The average molecular weight is 269 g/mol. The summed E-state index contributed by atoms with van der Waals surface area (Å²) in [5.41, 5.74) is 6.61. The highest BCUT2D eigenvalue weighted by Gasteiger charge is 2.16. The number of hydrogen-bond acceptors (Lipinski definition) is 3. The van der Waals surface area contributed by atoms with Crippen molar-refractivity contribution in [1.29, 1.82) is 0 Å². The number of anilines is 1. The van der Waals surface area contributed by atoms with Crippen LogP contribution in [0.2, 0.25) is 5.02 Å². The summed E-state index contributed by atoms with van der Waals surface area (Å²) in [4.78, 5) is 11.9. The number of nitrogen functional groups attached to an aromatic ring is 1. The lowest BCUT2D eigenvalue weighted by Gasteiger charge is -2.11. The van der Waals surface area contributed by atoms with Crippen LogP contribution in [0.15, 0.2) is 18.2 Å². The van der Waals surface area contributed by atoms with Gasteiger partial charge in [-0.1, -0.05) is 11.6 Å². The molecule has 0 bridgehead atoms. The maximum atomic E-state index is 11.9. The van der Waals surface area contributed by atoms with Gasteiger partial charge in [0.1, 0.15) is 0 Å². The van der Waals surface area contributed by atoms with Crippen molar-refractivity contribution in [3.05, 3.63) is 28.8 Å². The van der Waals surface area contributed by atoms with Gasteiger partial charge < -0.3 is 15.8 Å². The Morgan fingerprint density at radius 1 is 1.56 bits per heavy atom. The molecule has 0 spiro atoms. The number of nitrogens with two attached hydrogens (primary N) is 1. The first-order chi connectivity index (χ1) is 8.66. The molecule has 1 amide bonds. The zero-order valence-electron chi connectivity index (χ0n) is 10.1. The summed E-state index contributed by atoms with van der Waals surface area (Å²) in [5.74, 6) is -0.165. The number of carbonyl (C=O) groups is 1. The van der Waals surface area contributed by atoms with E-state index in [0.717, 1.165) is 25.9 Å². The molecule has 2 rings (SSSR count). The van der Waals surface area contributed by atoms with Gasteiger partial charge in [0.2, 0.25) is 0 Å². The highest BCUT2D eigenvalue weighted by molar-refractivity contribution is 6.31. The zero-order valence-corrected chi connectivity index (χ0v) is 10.9. The normalized spacial score (nSPS) is 18.8. The Labute approximate surface area is 111 Å². The predicted molar refractivity (Wildman–Crippen MR) is 71.8 cm³/mol. The molecule has 0 saturated carbocycles. The molecule has 1 aromatic carbocycles. The Bertz CT molecular complexity index is 431. The minimum absolute atomic E-state index is 0.165. The second-order valence-electron chi connectivity index (χ2n) is 4.41. The quantitative estimate of drug-likeness (QED) is 0.823. The van der Waals surface area contributed by atoms with Crippen molar-refractivity contribution in [3.63, 3.8) is 0 Å². The largest absolute Gasteiger partial charge is 0.398 e. The van der Waals surface area contributed by atoms with Crippen LogP contribution >= 0.6 is 11.6 Å². The van der Waals surface area contributed by atoms with Crippen LogP contribution < -0.4 is 11.1 Å². The van der Waals surface area contributed by atoms with Crippen molar-refractivity contribution in [1.82, 2.24) is 5.32 Å². The third-order valence-electron chi connectivity index (χ3n) is 3.03. The SMILES string of the molecule is Nc1cc(Cl)ccc1C(=O)NCCC1CCCO1. The van der Waals surface area contributed by atoms with E-state index in [1.165, 1.54) is 0 Å². The molecule has 18 heavy (non-hydrogen) atoms. The van der Waals surface area contributed by atoms with Crippen LogP contribution in [0, 0.1) is 0 Å². The maximum Gasteiger partial charge on any atom is 0.253 e. The lowest BCUT2D eigenvalue weighted by Crippen LogP contribution is -2.27. The topological polar surface area (TPSA) is 64.4 Å². The van der Waals surface area contributed by atoms with Gasteiger partial charge in [-0.25, -0.2) is 0 Å². The van der Waals surface area contributed by atoms with Crippen LogP contribution in [0.3, 0.4) is 0 Å². The molecule has 1 fully saturated rings. The van der Waals surface area contributed by atoms with Gasteiger partial charge in [0.15, 0.2) is 0 Å². The van der Waals surface area contributed by atoms with Gasteiger partial charge in [-0.3, -0.25) is 4.79 Å². The van der Waals surface area contributed by atoms with Crippen molar-refractivity contribution in [2.75, 3.05) is 18.9 Å². The molecule has 4 nitrogen and oxygen atoms in total. The number of halogens is 1. The third kappa shape index (κ3) is 3.37. The van der Waals surface area contributed by atoms with E-state index in [9.17, 15) is 4.79 Å². The average Bonchev–Trinajstić information content (AvgIpc) is 2.81. The van der Waals surface area contributed by atoms with E-state index in [4.69, 9.17) is 22.1 Å². The van der Waals surface area contributed by atoms with E-state index >= 15 is 0 Å². The number of nitrogens with one attached hydrogen (secondary N) is 1. The number of benzene rings is 1. The summed E-state index contributed by atoms with van der Waals surface area (Å²) >= 11 is 5.78. The first kappa shape index (κ1) is 13.2. The molecule has 0 aromatic heterocycles. The minimum Gasteiger partial charge on any atom is -0.398 e. The van der Waals surface area contributed by atoms with Crippen LogP contribution in [0.5, 0.6) is 0 Å². The summed E-state index contributed by atoms with van der Waals surface area (Å²) in [6, 6.07) is 4.88. The van der Waals surface area contributed by atoms with Crippen LogP contribution in [0.4, 0.5) is 5.69 Å². The number of amides is 1. The highest BCUT2D eigenvalue weighted by atomic mass is 35.5. The smallest absolute Gasteiger partial charge is 0.253 e. The van der Waals surface area contributed by atoms with E-state index in [-0.39, 0.29) is 12.0 Å². The van der Waals surface area contributed by atoms with Gasteiger partial charge in [-0.15, -0.1) is 0 Å². The fourth-order valence-electron chi connectivity index (χ4n) is 2.05. The molecule has 1 heterocycles. The number of carbonyl (C=O) groups excluding carboxylic acids is 1. The van der Waals surface area contributed by atoms with Crippen molar-refractivity contribution in [3.8, 4) is 0 Å². The number of ether oxygens (including phenoxy) is 1. The van der Waals surface area contributed by atoms with E-state index in [1.54, 1.807) is 18.2 Å². The Morgan fingerprint density at radius 3 is 3.06 bits per heavy atom. The maximum absolute atomic E-state index is 11.9. The lowest BCUT2D eigenvalue weighted by atomic mass is 10.1. The molecule has 1 atom stereocenters. The monoisotopic (exact) mass is 268 g/mol. The summed E-state index contributed by atoms with van der Waals surface area (Å²) < 4.78 is 5.49. The standard InChI is InChI=1S/C13H17ClN2O2/c14-9-3-4-11(12(15)8-9)13(17)16-6-5-10-2-1-7-18-10/h3-4,8,10H,1-2,5-7,15H2,(H,16,17). The van der Waals surface area contributed by atoms with Gasteiger partial charge in [-0.05, 0) is 37.5 Å². The molecular weight excluding hydrogens is 252 g/mol. The van der Waals surface area contributed by atoms with Crippen molar-refractivity contribution < 1.29 is 9.53 Å². The van der Waals surface area contributed by atoms with Crippen LogP contribution in [0.25, 0.3) is 0 Å². The predicted octanol–water partition coefficient (Wildman–Crippen LogP) is 2.22. The Kier molecular flexibility index (Phi) is 4.44. The van der Waals surface area contributed by atoms with E-state index < -0.39 is 0 Å². The number of rotatable bonds is 4. The van der Waals surface area contributed by atoms with Crippen molar-refractivity contribution in [2.24, 2.45) is 0 Å². The molecule has 1 aliphatic heterocycles. The first-order valence-electron chi connectivity index (χ1n) is 6.11. The molecule has 1 aromatic rings. The summed E-state index contributed by atoms with van der Waals surface area (Å²) in [6.07, 6.45) is 3.33.